The Morgan fingerprint density at radius 1 is 1.00 bits per heavy atom. The maximum Gasteiger partial charge on any atom is 0.230 e. The van der Waals surface area contributed by atoms with Crippen LogP contribution in [0.5, 0.6) is 0 Å². The first-order valence-electron chi connectivity index (χ1n) is 7.31. The van der Waals surface area contributed by atoms with Crippen molar-refractivity contribution in [2.45, 2.75) is 27.7 Å². The summed E-state index contributed by atoms with van der Waals surface area (Å²) in [5.41, 5.74) is 12.0. The zero-order chi connectivity index (χ0) is 16.0. The van der Waals surface area contributed by atoms with Gasteiger partial charge in [0.1, 0.15) is 5.58 Å². The predicted octanol–water partition coefficient (Wildman–Crippen LogP) is 4.48. The lowest BCUT2D eigenvalue weighted by atomic mass is 9.90. The quantitative estimate of drug-likeness (QED) is 0.709. The van der Waals surface area contributed by atoms with Crippen LogP contribution in [0.15, 0.2) is 34.7 Å². The summed E-state index contributed by atoms with van der Waals surface area (Å²) in [7, 11) is 0. The molecule has 22 heavy (non-hydrogen) atoms. The lowest BCUT2D eigenvalue weighted by Crippen LogP contribution is -2.09. The molecule has 3 rings (SSSR count). The minimum Gasteiger partial charge on any atom is -0.450 e. The molecule has 3 nitrogen and oxygen atoms in total. The van der Waals surface area contributed by atoms with Crippen molar-refractivity contribution in [2.75, 3.05) is 5.73 Å². The number of carbonyl (C=O) groups excluding carboxylic acids is 1. The van der Waals surface area contributed by atoms with Crippen LogP contribution in [-0.2, 0) is 0 Å². The topological polar surface area (TPSA) is 56.2 Å². The number of furan rings is 1. The van der Waals surface area contributed by atoms with Gasteiger partial charge in [-0.15, -0.1) is 0 Å². The third-order valence-electron chi connectivity index (χ3n) is 4.43. The summed E-state index contributed by atoms with van der Waals surface area (Å²) in [6, 6.07) is 9.54. The van der Waals surface area contributed by atoms with Gasteiger partial charge in [0.05, 0.1) is 5.69 Å². The van der Waals surface area contributed by atoms with Crippen LogP contribution in [0, 0.1) is 27.7 Å². The molecule has 0 unspecified atom stereocenters. The van der Waals surface area contributed by atoms with Crippen LogP contribution < -0.4 is 5.73 Å². The van der Waals surface area contributed by atoms with E-state index in [9.17, 15) is 4.79 Å². The Labute approximate surface area is 129 Å². The van der Waals surface area contributed by atoms with Crippen LogP contribution in [0.4, 0.5) is 5.69 Å². The van der Waals surface area contributed by atoms with Gasteiger partial charge in [0.25, 0.3) is 0 Å². The summed E-state index contributed by atoms with van der Waals surface area (Å²) in [5.74, 6) is 0.0906. The van der Waals surface area contributed by atoms with Gasteiger partial charge in [-0.2, -0.15) is 0 Å². The van der Waals surface area contributed by atoms with E-state index >= 15 is 0 Å². The molecule has 2 aromatic carbocycles. The maximum atomic E-state index is 13.0. The first-order chi connectivity index (χ1) is 10.4. The highest BCUT2D eigenvalue weighted by Gasteiger charge is 2.24. The van der Waals surface area contributed by atoms with Gasteiger partial charge in [0.15, 0.2) is 5.76 Å². The molecule has 0 spiro atoms. The van der Waals surface area contributed by atoms with Crippen LogP contribution in [0.25, 0.3) is 11.0 Å². The molecular formula is C19H19NO2. The largest absolute Gasteiger partial charge is 0.450 e. The number of hydrogen-bond acceptors (Lipinski definition) is 3. The Hall–Kier alpha value is -2.55. The fourth-order valence-corrected chi connectivity index (χ4v) is 2.91. The zero-order valence-electron chi connectivity index (χ0n) is 13.3. The number of carbonyl (C=O) groups is 1. The number of fused-ring (bicyclic) bond motifs is 1. The van der Waals surface area contributed by atoms with Gasteiger partial charge in [-0.3, -0.25) is 4.79 Å². The van der Waals surface area contributed by atoms with E-state index in [-0.39, 0.29) is 11.5 Å². The summed E-state index contributed by atoms with van der Waals surface area (Å²) < 4.78 is 5.73. The number of nitrogens with two attached hydrogens (primary N) is 1. The molecule has 0 atom stereocenters. The van der Waals surface area contributed by atoms with Gasteiger partial charge in [0, 0.05) is 10.9 Å². The van der Waals surface area contributed by atoms with Gasteiger partial charge < -0.3 is 10.2 Å². The van der Waals surface area contributed by atoms with Crippen LogP contribution >= 0.6 is 0 Å². The molecule has 0 aliphatic carbocycles. The second kappa shape index (κ2) is 5.02. The van der Waals surface area contributed by atoms with Crippen molar-refractivity contribution in [1.82, 2.24) is 0 Å². The summed E-state index contributed by atoms with van der Waals surface area (Å²) in [5, 5.41) is 0.783. The number of nitrogen functional groups attached to an aromatic ring is 1. The van der Waals surface area contributed by atoms with Gasteiger partial charge in [-0.1, -0.05) is 18.2 Å². The van der Waals surface area contributed by atoms with Gasteiger partial charge in [-0.25, -0.2) is 0 Å². The van der Waals surface area contributed by atoms with Gasteiger partial charge >= 0.3 is 0 Å². The summed E-state index contributed by atoms with van der Waals surface area (Å²) in [6.45, 7) is 7.96. The molecule has 0 saturated heterocycles. The lowest BCUT2D eigenvalue weighted by molar-refractivity contribution is 0.101. The monoisotopic (exact) mass is 293 g/mol. The third kappa shape index (κ3) is 2.01. The fraction of sp³-hybridized carbons (Fsp3) is 0.211. The summed E-state index contributed by atoms with van der Waals surface area (Å²) in [6.07, 6.45) is 0. The Morgan fingerprint density at radius 2 is 1.59 bits per heavy atom. The highest BCUT2D eigenvalue weighted by atomic mass is 16.3. The SMILES string of the molecule is Cc1cc(C)c(C)c(C(=O)c2oc3ccccc3c2N)c1C. The number of para-hydroxylation sites is 1. The molecule has 0 aliphatic heterocycles. The molecule has 3 aromatic rings. The maximum absolute atomic E-state index is 13.0. The van der Waals surface area contributed by atoms with E-state index < -0.39 is 0 Å². The average Bonchev–Trinajstić information content (AvgIpc) is 2.83. The molecule has 1 aromatic heterocycles. The van der Waals surface area contributed by atoms with E-state index in [0.717, 1.165) is 27.6 Å². The van der Waals surface area contributed by atoms with E-state index in [1.807, 2.05) is 52.0 Å². The van der Waals surface area contributed by atoms with Crippen LogP contribution in [0.3, 0.4) is 0 Å². The minimum atomic E-state index is -0.143. The van der Waals surface area contributed by atoms with Crippen molar-refractivity contribution in [3.8, 4) is 0 Å². The first-order valence-corrected chi connectivity index (χ1v) is 7.31. The summed E-state index contributed by atoms with van der Waals surface area (Å²) in [4.78, 5) is 13.0. The third-order valence-corrected chi connectivity index (χ3v) is 4.43. The molecule has 1 heterocycles. The van der Waals surface area contributed by atoms with Crippen molar-refractivity contribution in [3.05, 3.63) is 63.9 Å². The van der Waals surface area contributed by atoms with E-state index in [1.54, 1.807) is 0 Å². The average molecular weight is 293 g/mol. The normalized spacial score (nSPS) is 11.1. The molecule has 0 saturated carbocycles. The molecule has 112 valence electrons. The molecule has 3 heteroatoms. The van der Waals surface area contributed by atoms with Crippen molar-refractivity contribution >= 4 is 22.4 Å². The van der Waals surface area contributed by atoms with Crippen LogP contribution in [0.2, 0.25) is 0 Å². The molecule has 0 amide bonds. The number of rotatable bonds is 2. The number of ketones is 1. The standard InChI is InChI=1S/C19H19NO2/c1-10-9-11(2)13(4)16(12(10)3)18(21)19-17(20)14-7-5-6-8-15(14)22-19/h5-9H,20H2,1-4H3. The van der Waals surface area contributed by atoms with Gasteiger partial charge in [0.2, 0.25) is 5.78 Å². The van der Waals surface area contributed by atoms with Crippen LogP contribution in [-0.4, -0.2) is 5.78 Å². The predicted molar refractivity (Wildman–Crippen MR) is 89.4 cm³/mol. The Bertz CT molecular complexity index is 877. The highest BCUT2D eigenvalue weighted by Crippen LogP contribution is 2.32. The molecule has 2 N–H and O–H groups in total. The van der Waals surface area contributed by atoms with E-state index in [2.05, 4.69) is 6.07 Å². The zero-order valence-corrected chi connectivity index (χ0v) is 13.3. The Kier molecular flexibility index (Phi) is 3.28. The number of aryl methyl sites for hydroxylation is 2. The van der Waals surface area contributed by atoms with E-state index in [4.69, 9.17) is 10.2 Å². The Balaban J connectivity index is 2.25. The molecule has 0 radical (unpaired) electrons. The van der Waals surface area contributed by atoms with E-state index in [0.29, 0.717) is 16.8 Å². The highest BCUT2D eigenvalue weighted by molar-refractivity contribution is 6.15. The smallest absolute Gasteiger partial charge is 0.230 e. The summed E-state index contributed by atoms with van der Waals surface area (Å²) >= 11 is 0. The number of hydrogen-bond donors (Lipinski definition) is 1. The Morgan fingerprint density at radius 3 is 2.18 bits per heavy atom. The molecule has 0 aliphatic rings. The van der Waals surface area contributed by atoms with Crippen molar-refractivity contribution in [2.24, 2.45) is 0 Å². The van der Waals surface area contributed by atoms with Crippen LogP contribution in [0.1, 0.15) is 38.4 Å². The minimum absolute atomic E-state index is 0.143. The molecule has 0 bridgehead atoms. The number of benzene rings is 2. The van der Waals surface area contributed by atoms with Gasteiger partial charge in [-0.05, 0) is 62.1 Å². The fourth-order valence-electron chi connectivity index (χ4n) is 2.91. The van der Waals surface area contributed by atoms with E-state index in [1.165, 1.54) is 0 Å². The van der Waals surface area contributed by atoms with Crippen molar-refractivity contribution in [1.29, 1.82) is 0 Å². The lowest BCUT2D eigenvalue weighted by Gasteiger charge is -2.13. The first kappa shape index (κ1) is 14.4. The van der Waals surface area contributed by atoms with Crippen molar-refractivity contribution in [3.63, 3.8) is 0 Å². The van der Waals surface area contributed by atoms with Crippen molar-refractivity contribution < 1.29 is 9.21 Å². The second-order valence-electron chi connectivity index (χ2n) is 5.81. The second-order valence-corrected chi connectivity index (χ2v) is 5.81. The molecule has 0 fully saturated rings. The molecular weight excluding hydrogens is 274 g/mol. The number of anilines is 1.